The third-order valence-electron chi connectivity index (χ3n) is 3.89. The van der Waals surface area contributed by atoms with E-state index < -0.39 is 6.04 Å². The molecule has 1 aliphatic heterocycles. The first-order chi connectivity index (χ1) is 9.02. The van der Waals surface area contributed by atoms with Crippen LogP contribution in [0.4, 0.5) is 0 Å². The number of hydrogen-bond donors (Lipinski definition) is 2. The van der Waals surface area contributed by atoms with Gasteiger partial charge in [0.1, 0.15) is 11.9 Å². The number of carbonyl (C=O) groups is 2. The van der Waals surface area contributed by atoms with E-state index in [1.165, 1.54) is 0 Å². The van der Waals surface area contributed by atoms with E-state index in [0.29, 0.717) is 17.4 Å². The standard InChI is InChI=1S/C12H18N4O2S/c1-4-12(5-2)6-13-9(17)8(12)15-10(18)11-14-7(3)16-19-11/h8H,4-6H2,1-3H3,(H,13,17)(H,15,18). The summed E-state index contributed by atoms with van der Waals surface area (Å²) in [7, 11) is 0. The number of carbonyl (C=O) groups excluding carboxylic acids is 2. The van der Waals surface area contributed by atoms with Crippen molar-refractivity contribution in [2.45, 2.75) is 39.7 Å². The van der Waals surface area contributed by atoms with E-state index in [2.05, 4.69) is 20.0 Å². The Bertz CT molecular complexity index is 496. The average Bonchev–Trinajstić information content (AvgIpc) is 2.96. The molecule has 1 unspecified atom stereocenters. The van der Waals surface area contributed by atoms with Crippen molar-refractivity contribution < 1.29 is 9.59 Å². The van der Waals surface area contributed by atoms with Gasteiger partial charge in [-0.2, -0.15) is 4.37 Å². The average molecular weight is 282 g/mol. The lowest BCUT2D eigenvalue weighted by Gasteiger charge is -2.30. The molecular formula is C12H18N4O2S. The number of nitrogens with one attached hydrogen (secondary N) is 2. The number of rotatable bonds is 4. The van der Waals surface area contributed by atoms with Crippen LogP contribution in [0.15, 0.2) is 0 Å². The molecule has 7 heteroatoms. The number of hydrogen-bond acceptors (Lipinski definition) is 5. The van der Waals surface area contributed by atoms with Crippen LogP contribution in [0.25, 0.3) is 0 Å². The van der Waals surface area contributed by atoms with Gasteiger partial charge in [-0.15, -0.1) is 0 Å². The van der Waals surface area contributed by atoms with E-state index in [1.807, 2.05) is 13.8 Å². The Kier molecular flexibility index (Phi) is 3.84. The molecule has 0 spiro atoms. The molecule has 0 aliphatic carbocycles. The molecule has 0 saturated carbocycles. The van der Waals surface area contributed by atoms with Gasteiger partial charge >= 0.3 is 0 Å². The third kappa shape index (κ3) is 2.47. The molecule has 1 saturated heterocycles. The number of nitrogens with zero attached hydrogens (tertiary/aromatic N) is 2. The fourth-order valence-electron chi connectivity index (χ4n) is 2.45. The summed E-state index contributed by atoms with van der Waals surface area (Å²) >= 11 is 1.05. The van der Waals surface area contributed by atoms with Crippen LogP contribution < -0.4 is 10.6 Å². The van der Waals surface area contributed by atoms with E-state index >= 15 is 0 Å². The lowest BCUT2D eigenvalue weighted by Crippen LogP contribution is -2.48. The second kappa shape index (κ2) is 5.24. The summed E-state index contributed by atoms with van der Waals surface area (Å²) < 4.78 is 3.98. The predicted octanol–water partition coefficient (Wildman–Crippen LogP) is 0.881. The van der Waals surface area contributed by atoms with Crippen LogP contribution in [-0.2, 0) is 4.79 Å². The summed E-state index contributed by atoms with van der Waals surface area (Å²) in [5.41, 5.74) is -0.202. The Hall–Kier alpha value is -1.50. The molecule has 0 radical (unpaired) electrons. The van der Waals surface area contributed by atoms with Gasteiger partial charge in [0.05, 0.1) is 0 Å². The molecule has 0 aromatic carbocycles. The Morgan fingerprint density at radius 2 is 2.21 bits per heavy atom. The van der Waals surface area contributed by atoms with Crippen LogP contribution in [-0.4, -0.2) is 33.8 Å². The Labute approximate surface area is 116 Å². The molecule has 2 amide bonds. The molecule has 1 fully saturated rings. The first-order valence-electron chi connectivity index (χ1n) is 6.41. The van der Waals surface area contributed by atoms with Gasteiger partial charge in [-0.1, -0.05) is 13.8 Å². The van der Waals surface area contributed by atoms with E-state index in [1.54, 1.807) is 6.92 Å². The molecule has 1 atom stereocenters. The maximum atomic E-state index is 12.1. The number of aromatic nitrogens is 2. The van der Waals surface area contributed by atoms with E-state index in [4.69, 9.17) is 0 Å². The van der Waals surface area contributed by atoms with Crippen molar-refractivity contribution in [1.82, 2.24) is 20.0 Å². The quantitative estimate of drug-likeness (QED) is 0.858. The summed E-state index contributed by atoms with van der Waals surface area (Å²) in [5.74, 6) is 0.139. The van der Waals surface area contributed by atoms with Crippen LogP contribution in [0.2, 0.25) is 0 Å². The van der Waals surface area contributed by atoms with Crippen LogP contribution in [0.5, 0.6) is 0 Å². The summed E-state index contributed by atoms with van der Waals surface area (Å²) in [6, 6.07) is -0.487. The molecule has 1 aromatic heterocycles. The zero-order valence-electron chi connectivity index (χ0n) is 11.3. The molecule has 1 aromatic rings. The first kappa shape index (κ1) is 13.9. The molecule has 1 aliphatic rings. The zero-order chi connectivity index (χ0) is 14.0. The second-order valence-corrected chi connectivity index (χ2v) is 5.59. The molecular weight excluding hydrogens is 264 g/mol. The van der Waals surface area contributed by atoms with Crippen molar-refractivity contribution in [2.24, 2.45) is 5.41 Å². The third-order valence-corrected chi connectivity index (χ3v) is 4.70. The van der Waals surface area contributed by atoms with Crippen LogP contribution in [0, 0.1) is 12.3 Å². The van der Waals surface area contributed by atoms with Crippen LogP contribution >= 0.6 is 11.5 Å². The molecule has 6 nitrogen and oxygen atoms in total. The van der Waals surface area contributed by atoms with Crippen molar-refractivity contribution >= 4 is 23.3 Å². The zero-order valence-corrected chi connectivity index (χ0v) is 12.1. The topological polar surface area (TPSA) is 84.0 Å². The highest BCUT2D eigenvalue weighted by Gasteiger charge is 2.46. The first-order valence-corrected chi connectivity index (χ1v) is 7.18. The lowest BCUT2D eigenvalue weighted by atomic mass is 9.77. The smallest absolute Gasteiger partial charge is 0.282 e. The van der Waals surface area contributed by atoms with Gasteiger partial charge in [0, 0.05) is 12.0 Å². The van der Waals surface area contributed by atoms with Gasteiger partial charge in [0.15, 0.2) is 0 Å². The number of aryl methyl sites for hydroxylation is 1. The summed E-state index contributed by atoms with van der Waals surface area (Å²) in [6.45, 7) is 6.42. The second-order valence-electron chi connectivity index (χ2n) is 4.84. The summed E-state index contributed by atoms with van der Waals surface area (Å²) in [4.78, 5) is 28.1. The highest BCUT2D eigenvalue weighted by atomic mass is 32.1. The van der Waals surface area contributed by atoms with E-state index in [0.717, 1.165) is 24.4 Å². The fraction of sp³-hybridized carbons (Fsp3) is 0.667. The highest BCUT2D eigenvalue weighted by molar-refractivity contribution is 7.07. The molecule has 0 bridgehead atoms. The van der Waals surface area contributed by atoms with Gasteiger partial charge in [-0.3, -0.25) is 9.59 Å². The van der Waals surface area contributed by atoms with Gasteiger partial charge in [0.2, 0.25) is 10.9 Å². The van der Waals surface area contributed by atoms with E-state index in [9.17, 15) is 9.59 Å². The van der Waals surface area contributed by atoms with Crippen molar-refractivity contribution in [2.75, 3.05) is 6.54 Å². The molecule has 104 valence electrons. The SMILES string of the molecule is CCC1(CC)CNC(=O)C1NC(=O)c1nc(C)ns1. The highest BCUT2D eigenvalue weighted by Crippen LogP contribution is 2.34. The minimum Gasteiger partial charge on any atom is -0.354 e. The Balaban J connectivity index is 2.16. The molecule has 19 heavy (non-hydrogen) atoms. The Morgan fingerprint density at radius 1 is 1.53 bits per heavy atom. The van der Waals surface area contributed by atoms with Crippen molar-refractivity contribution in [3.8, 4) is 0 Å². The minimum absolute atomic E-state index is 0.113. The maximum absolute atomic E-state index is 12.1. The summed E-state index contributed by atoms with van der Waals surface area (Å²) in [5, 5.41) is 5.95. The summed E-state index contributed by atoms with van der Waals surface area (Å²) in [6.07, 6.45) is 1.67. The Morgan fingerprint density at radius 3 is 2.74 bits per heavy atom. The predicted molar refractivity (Wildman–Crippen MR) is 71.9 cm³/mol. The molecule has 2 rings (SSSR count). The fourth-order valence-corrected chi connectivity index (χ4v) is 3.03. The van der Waals surface area contributed by atoms with Crippen LogP contribution in [0.3, 0.4) is 0 Å². The minimum atomic E-state index is -0.487. The van der Waals surface area contributed by atoms with Crippen molar-refractivity contribution in [1.29, 1.82) is 0 Å². The van der Waals surface area contributed by atoms with Crippen LogP contribution in [0.1, 0.15) is 42.3 Å². The monoisotopic (exact) mass is 282 g/mol. The van der Waals surface area contributed by atoms with Gasteiger partial charge in [-0.25, -0.2) is 4.98 Å². The van der Waals surface area contributed by atoms with Crippen molar-refractivity contribution in [3.05, 3.63) is 10.8 Å². The largest absolute Gasteiger partial charge is 0.354 e. The normalized spacial score (nSPS) is 21.2. The molecule has 2 N–H and O–H groups in total. The van der Waals surface area contributed by atoms with Crippen molar-refractivity contribution in [3.63, 3.8) is 0 Å². The lowest BCUT2D eigenvalue weighted by molar-refractivity contribution is -0.121. The van der Waals surface area contributed by atoms with Gasteiger partial charge in [-0.05, 0) is 31.3 Å². The van der Waals surface area contributed by atoms with E-state index in [-0.39, 0.29) is 17.2 Å². The van der Waals surface area contributed by atoms with Gasteiger partial charge < -0.3 is 10.6 Å². The maximum Gasteiger partial charge on any atom is 0.282 e. The molecule has 2 heterocycles. The number of amides is 2. The van der Waals surface area contributed by atoms with Gasteiger partial charge in [0.25, 0.3) is 5.91 Å².